The normalized spacial score (nSPS) is 18.5. The highest BCUT2D eigenvalue weighted by Gasteiger charge is 2.32. The summed E-state index contributed by atoms with van der Waals surface area (Å²) < 4.78 is 60.0. The maximum atomic E-state index is 12.7. The summed E-state index contributed by atoms with van der Waals surface area (Å²) in [7, 11) is 1.08. The first-order valence-electron chi connectivity index (χ1n) is 12.0. The second kappa shape index (κ2) is 12.0. The summed E-state index contributed by atoms with van der Waals surface area (Å²) in [5.74, 6) is 2.15. The van der Waals surface area contributed by atoms with Crippen molar-refractivity contribution in [2.75, 3.05) is 40.8 Å². The Morgan fingerprint density at radius 2 is 1.47 bits per heavy atom. The fourth-order valence-electron chi connectivity index (χ4n) is 4.15. The molecule has 2 aromatic rings. The molecule has 36 heavy (non-hydrogen) atoms. The standard InChI is InChI=1S/C26H37NO8S/c1-7-10-33-26-23(34-15-16(2)27)13-18(14-24(26)36(6,28)29)20-9-8-19(35-20)17-11-21(30-3)25(32-5)22(12-17)31-4/h11-14,16,19-20H,7-10,15,27H2,1-6H3. The van der Waals surface area contributed by atoms with Gasteiger partial charge in [0, 0.05) is 12.3 Å². The topological polar surface area (TPSA) is 116 Å². The van der Waals surface area contributed by atoms with E-state index in [4.69, 9.17) is 34.2 Å². The van der Waals surface area contributed by atoms with Crippen molar-refractivity contribution >= 4 is 9.84 Å². The lowest BCUT2D eigenvalue weighted by Gasteiger charge is -2.21. The molecule has 0 aliphatic carbocycles. The largest absolute Gasteiger partial charge is 0.493 e. The van der Waals surface area contributed by atoms with E-state index in [9.17, 15) is 8.42 Å². The third-order valence-electron chi connectivity index (χ3n) is 5.85. The predicted molar refractivity (Wildman–Crippen MR) is 136 cm³/mol. The van der Waals surface area contributed by atoms with Crippen molar-refractivity contribution in [3.63, 3.8) is 0 Å². The highest BCUT2D eigenvalue weighted by Crippen LogP contribution is 2.48. The van der Waals surface area contributed by atoms with E-state index in [1.54, 1.807) is 33.5 Å². The maximum Gasteiger partial charge on any atom is 0.203 e. The minimum atomic E-state index is -3.61. The van der Waals surface area contributed by atoms with Crippen LogP contribution in [-0.4, -0.2) is 55.3 Å². The third-order valence-corrected chi connectivity index (χ3v) is 6.95. The number of hydrogen-bond donors (Lipinski definition) is 1. The molecule has 0 bridgehead atoms. The Kier molecular flexibility index (Phi) is 9.32. The number of ether oxygens (including phenoxy) is 6. The first-order valence-corrected chi connectivity index (χ1v) is 13.9. The minimum Gasteiger partial charge on any atom is -0.493 e. The van der Waals surface area contributed by atoms with Gasteiger partial charge in [0.1, 0.15) is 11.5 Å². The number of nitrogens with two attached hydrogens (primary N) is 1. The van der Waals surface area contributed by atoms with Crippen LogP contribution in [0.5, 0.6) is 28.7 Å². The molecule has 2 N–H and O–H groups in total. The molecule has 0 spiro atoms. The van der Waals surface area contributed by atoms with Crippen LogP contribution in [0.4, 0.5) is 0 Å². The number of rotatable bonds is 12. The lowest BCUT2D eigenvalue weighted by molar-refractivity contribution is 0.0434. The Morgan fingerprint density at radius 3 is 1.94 bits per heavy atom. The minimum absolute atomic E-state index is 0.0768. The van der Waals surface area contributed by atoms with Gasteiger partial charge in [0.05, 0.1) is 40.1 Å². The molecule has 3 atom stereocenters. The lowest BCUT2D eigenvalue weighted by Crippen LogP contribution is -2.24. The molecule has 1 aliphatic rings. The van der Waals surface area contributed by atoms with E-state index in [0.717, 1.165) is 24.7 Å². The smallest absolute Gasteiger partial charge is 0.203 e. The van der Waals surface area contributed by atoms with Crippen molar-refractivity contribution in [3.8, 4) is 28.7 Å². The van der Waals surface area contributed by atoms with Gasteiger partial charge in [-0.1, -0.05) is 6.92 Å². The van der Waals surface area contributed by atoms with Crippen LogP contribution in [0, 0.1) is 0 Å². The van der Waals surface area contributed by atoms with Crippen LogP contribution < -0.4 is 29.4 Å². The second-order valence-electron chi connectivity index (χ2n) is 8.90. The molecule has 10 heteroatoms. The number of benzene rings is 2. The molecule has 9 nitrogen and oxygen atoms in total. The summed E-state index contributed by atoms with van der Waals surface area (Å²) >= 11 is 0. The van der Waals surface area contributed by atoms with Crippen LogP contribution in [0.1, 0.15) is 56.4 Å². The average molecular weight is 524 g/mol. The Morgan fingerprint density at radius 1 is 0.917 bits per heavy atom. The molecule has 200 valence electrons. The van der Waals surface area contributed by atoms with Crippen LogP contribution in [0.3, 0.4) is 0 Å². The Bertz CT molecular complexity index is 1120. The van der Waals surface area contributed by atoms with Gasteiger partial charge in [-0.3, -0.25) is 0 Å². The van der Waals surface area contributed by atoms with Crippen LogP contribution in [0.2, 0.25) is 0 Å². The summed E-state index contributed by atoms with van der Waals surface area (Å²) in [5.41, 5.74) is 7.47. The van der Waals surface area contributed by atoms with E-state index in [1.165, 1.54) is 0 Å². The van der Waals surface area contributed by atoms with E-state index in [0.29, 0.717) is 41.6 Å². The summed E-state index contributed by atoms with van der Waals surface area (Å²) in [5, 5.41) is 0. The number of methoxy groups -OCH3 is 3. The summed E-state index contributed by atoms with van der Waals surface area (Å²) in [6.07, 6.45) is 2.71. The van der Waals surface area contributed by atoms with E-state index in [-0.39, 0.29) is 35.5 Å². The molecule has 0 saturated carbocycles. The van der Waals surface area contributed by atoms with Gasteiger partial charge >= 0.3 is 0 Å². The lowest BCUT2D eigenvalue weighted by atomic mass is 10.0. The Balaban J connectivity index is 1.98. The molecule has 1 aliphatic heterocycles. The molecule has 1 fully saturated rings. The van der Waals surface area contributed by atoms with Gasteiger partial charge < -0.3 is 34.2 Å². The fraction of sp³-hybridized carbons (Fsp3) is 0.538. The predicted octanol–water partition coefficient (Wildman–Crippen LogP) is 4.22. The first-order chi connectivity index (χ1) is 17.1. The highest BCUT2D eigenvalue weighted by atomic mass is 32.2. The zero-order valence-corrected chi connectivity index (χ0v) is 22.6. The molecule has 3 rings (SSSR count). The fourth-order valence-corrected chi connectivity index (χ4v) is 4.99. The van der Waals surface area contributed by atoms with Gasteiger partial charge in [0.25, 0.3) is 0 Å². The van der Waals surface area contributed by atoms with Gasteiger partial charge in [-0.15, -0.1) is 0 Å². The quantitative estimate of drug-likeness (QED) is 0.436. The van der Waals surface area contributed by atoms with Crippen molar-refractivity contribution in [1.82, 2.24) is 0 Å². The van der Waals surface area contributed by atoms with Crippen molar-refractivity contribution < 1.29 is 36.8 Å². The highest BCUT2D eigenvalue weighted by molar-refractivity contribution is 7.90. The molecule has 0 amide bonds. The zero-order chi connectivity index (χ0) is 26.5. The Hall–Kier alpha value is -2.69. The molecular weight excluding hydrogens is 486 g/mol. The van der Waals surface area contributed by atoms with Gasteiger partial charge in [-0.05, 0) is 61.6 Å². The molecule has 3 unspecified atom stereocenters. The zero-order valence-electron chi connectivity index (χ0n) is 21.8. The van der Waals surface area contributed by atoms with E-state index < -0.39 is 9.84 Å². The first kappa shape index (κ1) is 27.9. The van der Waals surface area contributed by atoms with Gasteiger partial charge in [0.15, 0.2) is 32.8 Å². The molecule has 1 saturated heterocycles. The van der Waals surface area contributed by atoms with Gasteiger partial charge in [0.2, 0.25) is 5.75 Å². The third kappa shape index (κ3) is 6.35. The van der Waals surface area contributed by atoms with E-state index in [2.05, 4.69) is 0 Å². The summed E-state index contributed by atoms with van der Waals surface area (Å²) in [6.45, 7) is 4.34. The monoisotopic (exact) mass is 523 g/mol. The van der Waals surface area contributed by atoms with Crippen molar-refractivity contribution in [2.45, 2.75) is 56.3 Å². The van der Waals surface area contributed by atoms with Crippen molar-refractivity contribution in [2.24, 2.45) is 5.73 Å². The van der Waals surface area contributed by atoms with Crippen LogP contribution >= 0.6 is 0 Å². The molecule has 2 aromatic carbocycles. The Labute approximate surface area is 213 Å². The van der Waals surface area contributed by atoms with Gasteiger partial charge in [-0.25, -0.2) is 8.42 Å². The molecule has 0 radical (unpaired) electrons. The van der Waals surface area contributed by atoms with Crippen LogP contribution in [-0.2, 0) is 14.6 Å². The average Bonchev–Trinajstić information content (AvgIpc) is 3.34. The maximum absolute atomic E-state index is 12.7. The van der Waals surface area contributed by atoms with Gasteiger partial charge in [-0.2, -0.15) is 0 Å². The van der Waals surface area contributed by atoms with E-state index in [1.807, 2.05) is 26.0 Å². The molecular formula is C26H37NO8S. The van der Waals surface area contributed by atoms with E-state index >= 15 is 0 Å². The summed E-state index contributed by atoms with van der Waals surface area (Å²) in [6, 6.07) is 6.93. The van der Waals surface area contributed by atoms with Crippen molar-refractivity contribution in [3.05, 3.63) is 35.4 Å². The molecule has 1 heterocycles. The number of hydrogen-bond acceptors (Lipinski definition) is 9. The van der Waals surface area contributed by atoms with Crippen LogP contribution in [0.15, 0.2) is 29.2 Å². The SMILES string of the molecule is CCCOc1c(OCC(C)N)cc(C2CCC(c3cc(OC)c(OC)c(OC)c3)O2)cc1S(C)(=O)=O. The van der Waals surface area contributed by atoms with Crippen molar-refractivity contribution in [1.29, 1.82) is 0 Å². The second-order valence-corrected chi connectivity index (χ2v) is 10.9. The number of sulfone groups is 1. The summed E-state index contributed by atoms with van der Waals surface area (Å²) in [4.78, 5) is 0.0768. The van der Waals surface area contributed by atoms with Crippen LogP contribution in [0.25, 0.3) is 0 Å². The molecule has 0 aromatic heterocycles.